The van der Waals surface area contributed by atoms with Crippen LogP contribution in [0.15, 0.2) is 30.3 Å². The van der Waals surface area contributed by atoms with Crippen molar-refractivity contribution >= 4 is 21.4 Å². The molecule has 1 aromatic carbocycles. The van der Waals surface area contributed by atoms with Crippen LogP contribution in [0.5, 0.6) is 0 Å². The Labute approximate surface area is 106 Å². The first kappa shape index (κ1) is 12.1. The fourth-order valence-electron chi connectivity index (χ4n) is 1.72. The lowest BCUT2D eigenvalue weighted by Crippen LogP contribution is -2.23. The number of hydrogen-bond acceptors (Lipinski definition) is 3. The smallest absolute Gasteiger partial charge is 0.0666 e. The van der Waals surface area contributed by atoms with E-state index in [4.69, 9.17) is 5.26 Å². The van der Waals surface area contributed by atoms with E-state index in [1.807, 2.05) is 18.3 Å². The molecule has 0 fully saturated rings. The van der Waals surface area contributed by atoms with E-state index in [1.54, 1.807) is 0 Å². The summed E-state index contributed by atoms with van der Waals surface area (Å²) in [6.07, 6.45) is 0. The molecule has 0 bridgehead atoms. The summed E-state index contributed by atoms with van der Waals surface area (Å²) in [7, 11) is 0. The lowest BCUT2D eigenvalue weighted by Gasteiger charge is -2.12. The Morgan fingerprint density at radius 2 is 2.12 bits per heavy atom. The molecule has 1 heterocycles. The van der Waals surface area contributed by atoms with Gasteiger partial charge in [0.2, 0.25) is 0 Å². The second-order valence-corrected chi connectivity index (χ2v) is 5.46. The lowest BCUT2D eigenvalue weighted by molar-refractivity contribution is 0.533. The van der Waals surface area contributed by atoms with Gasteiger partial charge >= 0.3 is 0 Å². The molecule has 2 rings (SSSR count). The van der Waals surface area contributed by atoms with Crippen molar-refractivity contribution in [2.24, 2.45) is 5.92 Å². The zero-order valence-corrected chi connectivity index (χ0v) is 10.9. The quantitative estimate of drug-likeness (QED) is 0.890. The summed E-state index contributed by atoms with van der Waals surface area (Å²) in [5, 5.41) is 13.4. The van der Waals surface area contributed by atoms with Gasteiger partial charge in [0, 0.05) is 22.2 Å². The van der Waals surface area contributed by atoms with E-state index in [0.29, 0.717) is 6.04 Å². The monoisotopic (exact) mass is 244 g/mol. The summed E-state index contributed by atoms with van der Waals surface area (Å²) < 4.78 is 1.32. The van der Waals surface area contributed by atoms with E-state index in [-0.39, 0.29) is 5.92 Å². The van der Waals surface area contributed by atoms with Gasteiger partial charge in [-0.3, -0.25) is 0 Å². The van der Waals surface area contributed by atoms with Crippen LogP contribution in [0.2, 0.25) is 0 Å². The fourth-order valence-corrected chi connectivity index (χ4v) is 2.81. The Hall–Kier alpha value is -1.37. The van der Waals surface area contributed by atoms with Crippen molar-refractivity contribution in [3.05, 3.63) is 35.2 Å². The predicted octanol–water partition coefficient (Wildman–Crippen LogP) is 3.71. The fraction of sp³-hybridized carbons (Fsp3) is 0.357. The molecular formula is C14H16N2S. The number of rotatable bonds is 4. The minimum Gasteiger partial charge on any atom is -0.308 e. The zero-order chi connectivity index (χ0) is 12.3. The molecule has 0 aliphatic carbocycles. The summed E-state index contributed by atoms with van der Waals surface area (Å²) >= 11 is 1.82. The normalized spacial score (nSPS) is 14.4. The van der Waals surface area contributed by atoms with E-state index in [1.165, 1.54) is 15.0 Å². The standard InChI is InChI=1S/C14H16N2S/c1-10(8-15)9-16-11(2)14-7-12-5-3-4-6-13(12)17-14/h3-7,10-11,16H,9H2,1-2H3. The van der Waals surface area contributed by atoms with Gasteiger partial charge in [-0.15, -0.1) is 11.3 Å². The van der Waals surface area contributed by atoms with Crippen LogP contribution in [0.25, 0.3) is 10.1 Å². The van der Waals surface area contributed by atoms with Gasteiger partial charge in [0.15, 0.2) is 0 Å². The minimum absolute atomic E-state index is 0.0619. The number of hydrogen-bond donors (Lipinski definition) is 1. The van der Waals surface area contributed by atoms with Gasteiger partial charge < -0.3 is 5.32 Å². The largest absolute Gasteiger partial charge is 0.308 e. The maximum atomic E-state index is 8.75. The van der Waals surface area contributed by atoms with E-state index >= 15 is 0 Å². The van der Waals surface area contributed by atoms with Gasteiger partial charge in [-0.05, 0) is 31.4 Å². The number of thiophene rings is 1. The average Bonchev–Trinajstić information content (AvgIpc) is 2.79. The molecule has 0 saturated carbocycles. The maximum Gasteiger partial charge on any atom is 0.0666 e. The van der Waals surface area contributed by atoms with Crippen molar-refractivity contribution in [3.8, 4) is 6.07 Å². The minimum atomic E-state index is 0.0619. The number of fused-ring (bicyclic) bond motifs is 1. The maximum absolute atomic E-state index is 8.75. The van der Waals surface area contributed by atoms with Gasteiger partial charge in [0.1, 0.15) is 0 Å². The number of nitrogens with zero attached hydrogens (tertiary/aromatic N) is 1. The van der Waals surface area contributed by atoms with Crippen molar-refractivity contribution in [1.29, 1.82) is 5.26 Å². The molecule has 2 atom stereocenters. The Morgan fingerprint density at radius 1 is 1.35 bits per heavy atom. The third kappa shape index (κ3) is 2.85. The van der Waals surface area contributed by atoms with E-state index in [9.17, 15) is 0 Å². The number of benzene rings is 1. The highest BCUT2D eigenvalue weighted by molar-refractivity contribution is 7.19. The topological polar surface area (TPSA) is 35.8 Å². The Kier molecular flexibility index (Phi) is 3.78. The highest BCUT2D eigenvalue weighted by Gasteiger charge is 2.10. The van der Waals surface area contributed by atoms with E-state index < -0.39 is 0 Å². The van der Waals surface area contributed by atoms with Crippen molar-refractivity contribution in [1.82, 2.24) is 5.32 Å². The van der Waals surface area contributed by atoms with E-state index in [2.05, 4.69) is 48.6 Å². The SMILES string of the molecule is CC(C#N)CNC(C)c1cc2ccccc2s1. The van der Waals surface area contributed by atoms with Gasteiger partial charge in [0.05, 0.1) is 12.0 Å². The predicted molar refractivity (Wildman–Crippen MR) is 73.0 cm³/mol. The molecular weight excluding hydrogens is 228 g/mol. The molecule has 17 heavy (non-hydrogen) atoms. The molecule has 3 heteroatoms. The van der Waals surface area contributed by atoms with Crippen LogP contribution in [-0.4, -0.2) is 6.54 Å². The van der Waals surface area contributed by atoms with Crippen LogP contribution in [0.3, 0.4) is 0 Å². The third-order valence-corrected chi connectivity index (χ3v) is 4.12. The first-order chi connectivity index (χ1) is 8.20. The molecule has 88 valence electrons. The van der Waals surface area contributed by atoms with Gasteiger partial charge in [-0.25, -0.2) is 0 Å². The Bertz CT molecular complexity index is 505. The summed E-state index contributed by atoms with van der Waals surface area (Å²) in [5.74, 6) is 0.0619. The van der Waals surface area contributed by atoms with Crippen LogP contribution in [0.4, 0.5) is 0 Å². The van der Waals surface area contributed by atoms with Gasteiger partial charge in [0.25, 0.3) is 0 Å². The molecule has 0 saturated heterocycles. The van der Waals surface area contributed by atoms with Gasteiger partial charge in [-0.2, -0.15) is 5.26 Å². The summed E-state index contributed by atoms with van der Waals surface area (Å²) in [6.45, 7) is 4.82. The second-order valence-electron chi connectivity index (χ2n) is 4.35. The molecule has 2 aromatic rings. The van der Waals surface area contributed by atoms with Crippen LogP contribution in [-0.2, 0) is 0 Å². The molecule has 0 aliphatic heterocycles. The first-order valence-corrected chi connectivity index (χ1v) is 6.64. The summed E-state index contributed by atoms with van der Waals surface area (Å²) in [4.78, 5) is 1.33. The third-order valence-electron chi connectivity index (χ3n) is 2.82. The lowest BCUT2D eigenvalue weighted by atomic mass is 10.2. The molecule has 2 nitrogen and oxygen atoms in total. The highest BCUT2D eigenvalue weighted by Crippen LogP contribution is 2.29. The highest BCUT2D eigenvalue weighted by atomic mass is 32.1. The van der Waals surface area contributed by atoms with Crippen LogP contribution in [0, 0.1) is 17.2 Å². The number of nitriles is 1. The molecule has 1 N–H and O–H groups in total. The second kappa shape index (κ2) is 5.31. The van der Waals surface area contributed by atoms with Crippen LogP contribution < -0.4 is 5.32 Å². The molecule has 1 aromatic heterocycles. The zero-order valence-electron chi connectivity index (χ0n) is 10.1. The van der Waals surface area contributed by atoms with Crippen molar-refractivity contribution in [2.45, 2.75) is 19.9 Å². The molecule has 0 spiro atoms. The van der Waals surface area contributed by atoms with Crippen LogP contribution >= 0.6 is 11.3 Å². The molecule has 0 aliphatic rings. The van der Waals surface area contributed by atoms with Gasteiger partial charge in [-0.1, -0.05) is 18.2 Å². The van der Waals surface area contributed by atoms with Crippen molar-refractivity contribution in [2.75, 3.05) is 6.54 Å². The summed E-state index contributed by atoms with van der Waals surface area (Å²) in [6, 6.07) is 13.2. The Morgan fingerprint density at radius 3 is 2.82 bits per heavy atom. The Balaban J connectivity index is 2.09. The van der Waals surface area contributed by atoms with Crippen molar-refractivity contribution in [3.63, 3.8) is 0 Å². The van der Waals surface area contributed by atoms with Crippen molar-refractivity contribution < 1.29 is 0 Å². The molecule has 0 radical (unpaired) electrons. The molecule has 2 unspecified atom stereocenters. The van der Waals surface area contributed by atoms with E-state index in [0.717, 1.165) is 6.54 Å². The number of nitrogens with one attached hydrogen (secondary N) is 1. The summed E-state index contributed by atoms with van der Waals surface area (Å²) in [5.41, 5.74) is 0. The molecule has 0 amide bonds. The first-order valence-electron chi connectivity index (χ1n) is 5.82. The van der Waals surface area contributed by atoms with Crippen LogP contribution in [0.1, 0.15) is 24.8 Å². The average molecular weight is 244 g/mol.